The third-order valence-electron chi connectivity index (χ3n) is 3.48. The lowest BCUT2D eigenvalue weighted by molar-refractivity contribution is -0.118. The van der Waals surface area contributed by atoms with Crippen LogP contribution in [0.1, 0.15) is 39.5 Å². The fourth-order valence-corrected chi connectivity index (χ4v) is 2.81. The van der Waals surface area contributed by atoms with Gasteiger partial charge in [0.1, 0.15) is 0 Å². The Morgan fingerprint density at radius 1 is 1.47 bits per heavy atom. The first kappa shape index (κ1) is 14.6. The van der Waals surface area contributed by atoms with E-state index >= 15 is 0 Å². The highest BCUT2D eigenvalue weighted by molar-refractivity contribution is 7.99. The van der Waals surface area contributed by atoms with E-state index in [4.69, 9.17) is 0 Å². The second-order valence-corrected chi connectivity index (χ2v) is 5.73. The van der Waals surface area contributed by atoms with Gasteiger partial charge in [0.2, 0.25) is 5.91 Å². The van der Waals surface area contributed by atoms with Crippen molar-refractivity contribution in [2.75, 3.05) is 12.9 Å². The molecule has 1 amide bonds. The smallest absolute Gasteiger partial charge is 0.247 e. The highest BCUT2D eigenvalue weighted by Gasteiger charge is 2.20. The zero-order valence-electron chi connectivity index (χ0n) is 11.0. The predicted octanol–water partition coefficient (Wildman–Crippen LogP) is 2.11. The van der Waals surface area contributed by atoms with Crippen LogP contribution in [-0.2, 0) is 4.79 Å². The van der Waals surface area contributed by atoms with Crippen molar-refractivity contribution in [3.8, 4) is 0 Å². The number of allylic oxidation sites excluding steroid dienone is 1. The van der Waals surface area contributed by atoms with Gasteiger partial charge < -0.3 is 10.4 Å². The Kier molecular flexibility index (Phi) is 6.06. The zero-order valence-corrected chi connectivity index (χ0v) is 11.8. The molecule has 0 bridgehead atoms. The molecule has 1 saturated carbocycles. The van der Waals surface area contributed by atoms with E-state index in [0.29, 0.717) is 0 Å². The number of hydrogen-bond donors (Lipinski definition) is 2. The molecule has 1 rings (SSSR count). The molecule has 3 nitrogen and oxygen atoms in total. The van der Waals surface area contributed by atoms with E-state index < -0.39 is 0 Å². The van der Waals surface area contributed by atoms with Crippen molar-refractivity contribution in [1.29, 1.82) is 0 Å². The minimum Gasteiger partial charge on any atom is -0.395 e. The Bertz CT molecular complexity index is 290. The van der Waals surface area contributed by atoms with E-state index in [1.807, 2.05) is 20.1 Å². The lowest BCUT2D eigenvalue weighted by Gasteiger charge is -2.21. The van der Waals surface area contributed by atoms with Gasteiger partial charge in [-0.2, -0.15) is 11.8 Å². The molecule has 0 spiro atoms. The van der Waals surface area contributed by atoms with E-state index in [-0.39, 0.29) is 23.8 Å². The average Bonchev–Trinajstić information content (AvgIpc) is 2.83. The molecule has 0 aromatic heterocycles. The summed E-state index contributed by atoms with van der Waals surface area (Å²) in [7, 11) is 0. The van der Waals surface area contributed by atoms with Crippen molar-refractivity contribution in [3.63, 3.8) is 0 Å². The maximum absolute atomic E-state index is 12.0. The molecule has 2 N–H and O–H groups in total. The Balaban J connectivity index is 2.56. The SMILES string of the molecule is CSC(CO)C(C)NC(=O)C(C)=C1CCCC1. The molecule has 2 unspecified atom stereocenters. The van der Waals surface area contributed by atoms with E-state index in [2.05, 4.69) is 5.32 Å². The van der Waals surface area contributed by atoms with Gasteiger partial charge in [-0.05, 0) is 45.8 Å². The van der Waals surface area contributed by atoms with Crippen molar-refractivity contribution in [2.24, 2.45) is 0 Å². The Hall–Kier alpha value is -0.480. The highest BCUT2D eigenvalue weighted by atomic mass is 32.2. The minimum atomic E-state index is -0.000506. The summed E-state index contributed by atoms with van der Waals surface area (Å²) in [6.07, 6.45) is 6.50. The van der Waals surface area contributed by atoms with Crippen LogP contribution in [0.25, 0.3) is 0 Å². The molecule has 1 fully saturated rings. The lowest BCUT2D eigenvalue weighted by atomic mass is 10.1. The number of aliphatic hydroxyl groups excluding tert-OH is 1. The molecule has 2 atom stereocenters. The minimum absolute atomic E-state index is 0.000506. The maximum atomic E-state index is 12.0. The molecule has 17 heavy (non-hydrogen) atoms. The molecule has 1 aliphatic carbocycles. The number of rotatable bonds is 5. The van der Waals surface area contributed by atoms with Crippen LogP contribution in [0.3, 0.4) is 0 Å². The number of carbonyl (C=O) groups excluding carboxylic acids is 1. The Morgan fingerprint density at radius 3 is 2.53 bits per heavy atom. The van der Waals surface area contributed by atoms with Gasteiger partial charge in [-0.3, -0.25) is 4.79 Å². The van der Waals surface area contributed by atoms with Crippen molar-refractivity contribution >= 4 is 17.7 Å². The summed E-state index contributed by atoms with van der Waals surface area (Å²) in [6.45, 7) is 3.95. The topological polar surface area (TPSA) is 49.3 Å². The summed E-state index contributed by atoms with van der Waals surface area (Å²) in [6, 6.07) is -0.000506. The van der Waals surface area contributed by atoms with Crippen molar-refractivity contribution < 1.29 is 9.90 Å². The second kappa shape index (κ2) is 7.07. The van der Waals surface area contributed by atoms with Gasteiger partial charge in [-0.25, -0.2) is 0 Å². The molecule has 0 aliphatic heterocycles. The molecule has 0 heterocycles. The van der Waals surface area contributed by atoms with Crippen molar-refractivity contribution in [2.45, 2.75) is 50.8 Å². The average molecular weight is 257 g/mol. The molecule has 4 heteroatoms. The van der Waals surface area contributed by atoms with Crippen LogP contribution in [-0.4, -0.2) is 35.2 Å². The quantitative estimate of drug-likeness (QED) is 0.742. The predicted molar refractivity (Wildman–Crippen MR) is 73.2 cm³/mol. The normalized spacial score (nSPS) is 18.9. The van der Waals surface area contributed by atoms with E-state index in [1.54, 1.807) is 11.8 Å². The highest BCUT2D eigenvalue weighted by Crippen LogP contribution is 2.26. The molecular weight excluding hydrogens is 234 g/mol. The Labute approximate surface area is 108 Å². The van der Waals surface area contributed by atoms with Gasteiger partial charge in [0.15, 0.2) is 0 Å². The molecule has 98 valence electrons. The zero-order chi connectivity index (χ0) is 12.8. The summed E-state index contributed by atoms with van der Waals surface area (Å²) in [4.78, 5) is 12.0. The third-order valence-corrected chi connectivity index (χ3v) is 4.64. The van der Waals surface area contributed by atoms with E-state index in [1.165, 1.54) is 18.4 Å². The number of thioether (sulfide) groups is 1. The number of nitrogens with one attached hydrogen (secondary N) is 1. The first-order valence-electron chi connectivity index (χ1n) is 6.23. The van der Waals surface area contributed by atoms with Crippen LogP contribution in [0.5, 0.6) is 0 Å². The van der Waals surface area contributed by atoms with Gasteiger partial charge in [-0.1, -0.05) is 5.57 Å². The fourth-order valence-electron chi connectivity index (χ4n) is 2.18. The number of hydrogen-bond acceptors (Lipinski definition) is 3. The molecule has 0 radical (unpaired) electrons. The van der Waals surface area contributed by atoms with Crippen molar-refractivity contribution in [1.82, 2.24) is 5.32 Å². The molecule has 0 aromatic rings. The lowest BCUT2D eigenvalue weighted by Crippen LogP contribution is -2.41. The first-order chi connectivity index (χ1) is 8.10. The van der Waals surface area contributed by atoms with Crippen LogP contribution >= 0.6 is 11.8 Å². The van der Waals surface area contributed by atoms with Gasteiger partial charge >= 0.3 is 0 Å². The Morgan fingerprint density at radius 2 is 2.06 bits per heavy atom. The third kappa shape index (κ3) is 4.03. The molecule has 0 aromatic carbocycles. The monoisotopic (exact) mass is 257 g/mol. The first-order valence-corrected chi connectivity index (χ1v) is 7.52. The van der Waals surface area contributed by atoms with Crippen LogP contribution in [0.4, 0.5) is 0 Å². The molecule has 1 aliphatic rings. The molecule has 0 saturated heterocycles. The standard InChI is InChI=1S/C13H23NO2S/c1-9(11-6-4-5-7-11)13(16)14-10(2)12(8-15)17-3/h10,12,15H,4-8H2,1-3H3,(H,14,16). The van der Waals surface area contributed by atoms with E-state index in [0.717, 1.165) is 18.4 Å². The van der Waals surface area contributed by atoms with Crippen molar-refractivity contribution in [3.05, 3.63) is 11.1 Å². The summed E-state index contributed by atoms with van der Waals surface area (Å²) >= 11 is 1.58. The van der Waals surface area contributed by atoms with Gasteiger partial charge in [0, 0.05) is 16.9 Å². The molecular formula is C13H23NO2S. The number of carbonyl (C=O) groups is 1. The number of aliphatic hydroxyl groups is 1. The van der Waals surface area contributed by atoms with Gasteiger partial charge in [0.25, 0.3) is 0 Å². The summed E-state index contributed by atoms with van der Waals surface area (Å²) in [5.74, 6) is 0.0295. The largest absolute Gasteiger partial charge is 0.395 e. The van der Waals surface area contributed by atoms with Crippen LogP contribution in [0, 0.1) is 0 Å². The van der Waals surface area contributed by atoms with Gasteiger partial charge in [0.05, 0.1) is 6.61 Å². The number of amides is 1. The van der Waals surface area contributed by atoms with Gasteiger partial charge in [-0.15, -0.1) is 0 Å². The maximum Gasteiger partial charge on any atom is 0.247 e. The summed E-state index contributed by atoms with van der Waals surface area (Å²) in [5.41, 5.74) is 2.19. The van der Waals surface area contributed by atoms with Crippen LogP contribution in [0.2, 0.25) is 0 Å². The van der Waals surface area contributed by atoms with Crippen LogP contribution in [0.15, 0.2) is 11.1 Å². The summed E-state index contributed by atoms with van der Waals surface area (Å²) in [5, 5.41) is 12.2. The fraction of sp³-hybridized carbons (Fsp3) is 0.769. The van der Waals surface area contributed by atoms with Crippen LogP contribution < -0.4 is 5.32 Å². The van der Waals surface area contributed by atoms with E-state index in [9.17, 15) is 9.90 Å². The second-order valence-electron chi connectivity index (χ2n) is 4.65. The summed E-state index contributed by atoms with van der Waals surface area (Å²) < 4.78 is 0.